The van der Waals surface area contributed by atoms with Gasteiger partial charge in [0.2, 0.25) is 10.0 Å². The summed E-state index contributed by atoms with van der Waals surface area (Å²) in [4.78, 5) is 24.0. The molecule has 202 valence electrons. The number of methoxy groups -OCH3 is 1. The highest BCUT2D eigenvalue weighted by Crippen LogP contribution is 2.32. The molecule has 1 saturated heterocycles. The van der Waals surface area contributed by atoms with E-state index in [1.54, 1.807) is 24.3 Å². The van der Waals surface area contributed by atoms with Gasteiger partial charge in [0.15, 0.2) is 17.7 Å². The van der Waals surface area contributed by atoms with Crippen LogP contribution in [0.15, 0.2) is 55.0 Å². The Labute approximate surface area is 218 Å². The van der Waals surface area contributed by atoms with Crippen LogP contribution < -0.4 is 10.5 Å². The van der Waals surface area contributed by atoms with Gasteiger partial charge in [-0.2, -0.15) is 0 Å². The van der Waals surface area contributed by atoms with Gasteiger partial charge in [-0.1, -0.05) is 30.9 Å². The van der Waals surface area contributed by atoms with Crippen molar-refractivity contribution in [3.8, 4) is 0 Å². The molecule has 13 nitrogen and oxygen atoms in total. The number of nitrogens with zero attached hydrogens (tertiary/aromatic N) is 4. The quantitative estimate of drug-likeness (QED) is 0.263. The van der Waals surface area contributed by atoms with Crippen molar-refractivity contribution >= 4 is 38.5 Å². The van der Waals surface area contributed by atoms with Gasteiger partial charge in [0.1, 0.15) is 30.2 Å². The molecular weight excluding hydrogens is 516 g/mol. The monoisotopic (exact) mass is 544 g/mol. The average Bonchev–Trinajstić information content (AvgIpc) is 3.46. The molecular formula is C24H28N6O7S. The molecule has 1 aliphatic rings. The molecule has 38 heavy (non-hydrogen) atoms. The van der Waals surface area contributed by atoms with Gasteiger partial charge in [0, 0.05) is 12.0 Å². The van der Waals surface area contributed by atoms with Crippen molar-refractivity contribution in [3.63, 3.8) is 0 Å². The van der Waals surface area contributed by atoms with Gasteiger partial charge < -0.3 is 25.4 Å². The van der Waals surface area contributed by atoms with Crippen LogP contribution in [0.1, 0.15) is 35.0 Å². The largest absolute Gasteiger partial charge is 0.465 e. The number of benzene rings is 1. The lowest BCUT2D eigenvalue weighted by atomic mass is 9.97. The Morgan fingerprint density at radius 3 is 2.71 bits per heavy atom. The molecule has 0 radical (unpaired) electrons. The Hall–Kier alpha value is -3.69. The first-order valence-electron chi connectivity index (χ1n) is 11.6. The minimum absolute atomic E-state index is 0.147. The van der Waals surface area contributed by atoms with E-state index in [1.807, 2.05) is 0 Å². The summed E-state index contributed by atoms with van der Waals surface area (Å²) in [5.74, 6) is -0.333. The number of carbonyl (C=O) groups excluding carboxylic acids is 1. The third-order valence-electron chi connectivity index (χ3n) is 6.09. The van der Waals surface area contributed by atoms with E-state index >= 15 is 0 Å². The number of hydrogen-bond acceptors (Lipinski definition) is 11. The van der Waals surface area contributed by atoms with Gasteiger partial charge in [-0.3, -0.25) is 4.57 Å². The molecule has 0 spiro atoms. The van der Waals surface area contributed by atoms with Crippen LogP contribution in [-0.4, -0.2) is 76.1 Å². The fourth-order valence-electron chi connectivity index (χ4n) is 4.10. The average molecular weight is 545 g/mol. The van der Waals surface area contributed by atoms with Gasteiger partial charge in [-0.05, 0) is 30.0 Å². The van der Waals surface area contributed by atoms with Crippen LogP contribution >= 0.6 is 0 Å². The number of imidazole rings is 1. The lowest BCUT2D eigenvalue weighted by molar-refractivity contribution is -0.0329. The highest BCUT2D eigenvalue weighted by molar-refractivity contribution is 7.92. The Bertz CT molecular complexity index is 1470. The van der Waals surface area contributed by atoms with Crippen molar-refractivity contribution in [2.24, 2.45) is 0 Å². The summed E-state index contributed by atoms with van der Waals surface area (Å²) in [5, 5.41) is 22.0. The molecule has 0 saturated carbocycles. The zero-order valence-electron chi connectivity index (χ0n) is 20.5. The first-order chi connectivity index (χ1) is 18.1. The number of allylic oxidation sites excluding steroid dienone is 2. The van der Waals surface area contributed by atoms with E-state index < -0.39 is 40.5 Å². The van der Waals surface area contributed by atoms with Crippen LogP contribution in [0.3, 0.4) is 0 Å². The van der Waals surface area contributed by atoms with Gasteiger partial charge in [-0.15, -0.1) is 0 Å². The maximum atomic E-state index is 12.5. The van der Waals surface area contributed by atoms with Crippen LogP contribution in [0.5, 0.6) is 0 Å². The zero-order chi connectivity index (χ0) is 27.4. The van der Waals surface area contributed by atoms with Crippen molar-refractivity contribution < 1.29 is 32.9 Å². The highest BCUT2D eigenvalue weighted by Gasteiger charge is 2.44. The third-order valence-corrected chi connectivity index (χ3v) is 7.21. The Morgan fingerprint density at radius 2 is 1.97 bits per heavy atom. The van der Waals surface area contributed by atoms with Crippen LogP contribution in [0, 0.1) is 0 Å². The van der Waals surface area contributed by atoms with Crippen molar-refractivity contribution in [1.29, 1.82) is 0 Å². The van der Waals surface area contributed by atoms with E-state index in [1.165, 1.54) is 30.4 Å². The SMILES string of the molecule is C=C(CC/C=C/S(=O)(=O)NC[C@H]1O[C@@H](n2cnc3c(N)ncnc32)[C@H](O)[C@@H]1O)c1ccccc1C(=O)OC. The number of rotatable bonds is 10. The van der Waals surface area contributed by atoms with E-state index in [4.69, 9.17) is 15.2 Å². The van der Waals surface area contributed by atoms with Crippen LogP contribution in [0.25, 0.3) is 16.7 Å². The summed E-state index contributed by atoms with van der Waals surface area (Å²) in [6, 6.07) is 6.88. The molecule has 4 atom stereocenters. The number of aliphatic hydroxyl groups is 2. The number of aromatic nitrogens is 4. The molecule has 0 unspecified atom stereocenters. The molecule has 0 amide bonds. The first kappa shape index (κ1) is 27.3. The van der Waals surface area contributed by atoms with Crippen molar-refractivity contribution in [2.45, 2.75) is 37.4 Å². The summed E-state index contributed by atoms with van der Waals surface area (Å²) in [6.07, 6.45) is -0.0454. The molecule has 1 aliphatic heterocycles. The van der Waals surface area contributed by atoms with Crippen LogP contribution in [0.2, 0.25) is 0 Å². The molecule has 0 aliphatic carbocycles. The Balaban J connectivity index is 1.33. The Kier molecular flexibility index (Phi) is 8.18. The maximum Gasteiger partial charge on any atom is 0.338 e. The highest BCUT2D eigenvalue weighted by atomic mass is 32.2. The topological polar surface area (TPSA) is 192 Å². The predicted molar refractivity (Wildman–Crippen MR) is 138 cm³/mol. The number of ether oxygens (including phenoxy) is 2. The second kappa shape index (κ2) is 11.4. The molecule has 4 rings (SSSR count). The smallest absolute Gasteiger partial charge is 0.338 e. The number of anilines is 1. The van der Waals surface area contributed by atoms with E-state index in [9.17, 15) is 23.4 Å². The number of nitrogen functional groups attached to an aromatic ring is 1. The summed E-state index contributed by atoms with van der Waals surface area (Å²) < 4.78 is 39.2. The molecule has 2 aromatic heterocycles. The number of fused-ring (bicyclic) bond motifs is 1. The van der Waals surface area contributed by atoms with Crippen molar-refractivity contribution in [1.82, 2.24) is 24.2 Å². The van der Waals surface area contributed by atoms with Gasteiger partial charge in [0.05, 0.1) is 19.0 Å². The third kappa shape index (κ3) is 5.74. The summed E-state index contributed by atoms with van der Waals surface area (Å²) >= 11 is 0. The summed E-state index contributed by atoms with van der Waals surface area (Å²) in [6.45, 7) is 3.71. The minimum Gasteiger partial charge on any atom is -0.465 e. The minimum atomic E-state index is -3.87. The predicted octanol–water partition coefficient (Wildman–Crippen LogP) is 0.741. The lowest BCUT2D eigenvalue weighted by Crippen LogP contribution is -2.39. The fourth-order valence-corrected chi connectivity index (χ4v) is 4.98. The number of sulfonamides is 1. The number of carbonyl (C=O) groups is 1. The molecule has 3 aromatic rings. The number of nitrogens with two attached hydrogens (primary N) is 1. The molecule has 0 bridgehead atoms. The number of nitrogens with one attached hydrogen (secondary N) is 1. The molecule has 5 N–H and O–H groups in total. The van der Waals surface area contributed by atoms with E-state index in [2.05, 4.69) is 26.3 Å². The maximum absolute atomic E-state index is 12.5. The number of aliphatic hydroxyl groups excluding tert-OH is 2. The first-order valence-corrected chi connectivity index (χ1v) is 13.1. The van der Waals surface area contributed by atoms with E-state index in [-0.39, 0.29) is 12.4 Å². The summed E-state index contributed by atoms with van der Waals surface area (Å²) in [5.41, 5.74) is 8.07. The van der Waals surface area contributed by atoms with Gasteiger partial charge in [-0.25, -0.2) is 32.9 Å². The van der Waals surface area contributed by atoms with Crippen LogP contribution in [0.4, 0.5) is 5.82 Å². The molecule has 14 heteroatoms. The molecule has 3 heterocycles. The standard InChI is InChI=1S/C24H28N6O7S/c1-14(15-8-3-4-9-16(15)24(33)36-2)7-5-6-10-38(34,35)29-11-17-19(31)20(32)23(37-17)30-13-28-18-21(25)26-12-27-22(18)30/h3-4,6,8-10,12-13,17,19-20,23,29,31-32H,1,5,7,11H2,2H3,(H2,25,26,27)/b10-6+/t17-,19-,20-,23-/m1/s1. The lowest BCUT2D eigenvalue weighted by Gasteiger charge is -2.16. The number of esters is 1. The van der Waals surface area contributed by atoms with E-state index in [0.717, 1.165) is 5.41 Å². The summed E-state index contributed by atoms with van der Waals surface area (Å²) in [7, 11) is -2.58. The van der Waals surface area contributed by atoms with Gasteiger partial charge >= 0.3 is 5.97 Å². The number of hydrogen-bond donors (Lipinski definition) is 4. The fraction of sp³-hybridized carbons (Fsp3) is 0.333. The molecule has 1 aromatic carbocycles. The van der Waals surface area contributed by atoms with Crippen molar-refractivity contribution in [3.05, 3.63) is 66.1 Å². The zero-order valence-corrected chi connectivity index (χ0v) is 21.3. The van der Waals surface area contributed by atoms with Crippen LogP contribution in [-0.2, 0) is 19.5 Å². The second-order valence-corrected chi connectivity index (χ2v) is 10.2. The normalized spacial score (nSPS) is 21.8. The van der Waals surface area contributed by atoms with E-state index in [0.29, 0.717) is 40.7 Å². The molecule has 1 fully saturated rings. The Morgan fingerprint density at radius 1 is 1.24 bits per heavy atom. The van der Waals surface area contributed by atoms with Gasteiger partial charge in [0.25, 0.3) is 0 Å². The van der Waals surface area contributed by atoms with Crippen molar-refractivity contribution in [2.75, 3.05) is 19.4 Å². The second-order valence-electron chi connectivity index (χ2n) is 8.57.